The van der Waals surface area contributed by atoms with Crippen LogP contribution >= 0.6 is 0 Å². The van der Waals surface area contributed by atoms with Gasteiger partial charge in [-0.05, 0) is 62.4 Å². The summed E-state index contributed by atoms with van der Waals surface area (Å²) in [5.41, 5.74) is 3.37. The van der Waals surface area contributed by atoms with Crippen LogP contribution in [0.1, 0.15) is 40.5 Å². The van der Waals surface area contributed by atoms with Crippen LogP contribution in [0.2, 0.25) is 0 Å². The Kier molecular flexibility index (Phi) is 4.60. The molecule has 3 aromatic rings. The summed E-state index contributed by atoms with van der Waals surface area (Å²) in [6.45, 7) is 8.30. The summed E-state index contributed by atoms with van der Waals surface area (Å²) < 4.78 is 3.52. The molecule has 0 fully saturated rings. The van der Waals surface area contributed by atoms with E-state index in [1.54, 1.807) is 16.8 Å². The van der Waals surface area contributed by atoms with Crippen molar-refractivity contribution in [3.63, 3.8) is 0 Å². The number of amides is 1. The molecule has 8 nitrogen and oxygen atoms in total. The minimum atomic E-state index is -0.138. The maximum absolute atomic E-state index is 12.5. The van der Waals surface area contributed by atoms with Crippen molar-refractivity contribution in [2.24, 2.45) is 0 Å². The second-order valence-electron chi connectivity index (χ2n) is 6.12. The summed E-state index contributed by atoms with van der Waals surface area (Å²) in [6, 6.07) is 9.31. The molecule has 0 spiro atoms. The highest BCUT2D eigenvalue weighted by Crippen LogP contribution is 2.12. The number of carbonyl (C=O) groups excluding carboxylic acids is 1. The van der Waals surface area contributed by atoms with Crippen LogP contribution in [0, 0.1) is 20.8 Å². The molecule has 0 saturated heterocycles. The number of carbonyl (C=O) groups is 1. The number of nitrogens with zero attached hydrogens (tertiary/aromatic N) is 6. The van der Waals surface area contributed by atoms with E-state index in [2.05, 4.69) is 25.9 Å². The van der Waals surface area contributed by atoms with Gasteiger partial charge in [-0.15, -0.1) is 5.10 Å². The first-order valence-corrected chi connectivity index (χ1v) is 8.12. The monoisotopic (exact) mass is 339 g/mol. The fourth-order valence-electron chi connectivity index (χ4n) is 2.77. The molecule has 0 bridgehead atoms. The van der Waals surface area contributed by atoms with E-state index < -0.39 is 0 Å². The Morgan fingerprint density at radius 1 is 1.24 bits per heavy atom. The number of benzene rings is 1. The van der Waals surface area contributed by atoms with Crippen molar-refractivity contribution in [2.75, 3.05) is 6.54 Å². The molecule has 3 rings (SSSR count). The molecule has 130 valence electrons. The second kappa shape index (κ2) is 6.84. The van der Waals surface area contributed by atoms with Gasteiger partial charge in [0.05, 0.1) is 17.4 Å². The smallest absolute Gasteiger partial charge is 0.251 e. The van der Waals surface area contributed by atoms with Crippen molar-refractivity contribution < 1.29 is 4.79 Å². The standard InChI is InChI=1S/C17H21N7O/c1-11-8-12(2)23(20-11)13(3)10-18-17(25)15-6-5-7-16(9-15)24-14(4)19-21-22-24/h5-9,13H,10H2,1-4H3,(H,18,25). The van der Waals surface area contributed by atoms with Crippen LogP contribution < -0.4 is 5.32 Å². The van der Waals surface area contributed by atoms with Crippen LogP contribution in [0.15, 0.2) is 30.3 Å². The molecule has 0 aliphatic carbocycles. The van der Waals surface area contributed by atoms with E-state index in [-0.39, 0.29) is 11.9 Å². The lowest BCUT2D eigenvalue weighted by molar-refractivity contribution is 0.0947. The first kappa shape index (κ1) is 16.8. The van der Waals surface area contributed by atoms with Crippen LogP contribution in [-0.4, -0.2) is 42.4 Å². The van der Waals surface area contributed by atoms with Gasteiger partial charge in [-0.25, -0.2) is 0 Å². The summed E-state index contributed by atoms with van der Waals surface area (Å²) in [5.74, 6) is 0.525. The molecular formula is C17H21N7O. The van der Waals surface area contributed by atoms with E-state index >= 15 is 0 Å². The van der Waals surface area contributed by atoms with Crippen molar-refractivity contribution in [1.82, 2.24) is 35.3 Å². The van der Waals surface area contributed by atoms with Gasteiger partial charge in [-0.3, -0.25) is 9.48 Å². The van der Waals surface area contributed by atoms with Crippen LogP contribution in [0.25, 0.3) is 5.69 Å². The molecule has 1 unspecified atom stereocenters. The summed E-state index contributed by atoms with van der Waals surface area (Å²) >= 11 is 0. The summed E-state index contributed by atoms with van der Waals surface area (Å²) in [4.78, 5) is 12.5. The Balaban J connectivity index is 1.69. The highest BCUT2D eigenvalue weighted by Gasteiger charge is 2.13. The Morgan fingerprint density at radius 2 is 2.04 bits per heavy atom. The van der Waals surface area contributed by atoms with Gasteiger partial charge in [0.1, 0.15) is 0 Å². The zero-order valence-electron chi connectivity index (χ0n) is 14.8. The molecule has 1 atom stereocenters. The van der Waals surface area contributed by atoms with Gasteiger partial charge in [0.25, 0.3) is 5.91 Å². The van der Waals surface area contributed by atoms with Crippen LogP contribution in [0.5, 0.6) is 0 Å². The van der Waals surface area contributed by atoms with Gasteiger partial charge >= 0.3 is 0 Å². The van der Waals surface area contributed by atoms with E-state index in [1.807, 2.05) is 50.6 Å². The van der Waals surface area contributed by atoms with Gasteiger partial charge in [0, 0.05) is 17.8 Å². The third-order valence-corrected chi connectivity index (χ3v) is 4.00. The van der Waals surface area contributed by atoms with Crippen molar-refractivity contribution in [2.45, 2.75) is 33.7 Å². The summed E-state index contributed by atoms with van der Waals surface area (Å²) in [5, 5.41) is 18.8. The maximum Gasteiger partial charge on any atom is 0.251 e. The van der Waals surface area contributed by atoms with Gasteiger partial charge in [-0.1, -0.05) is 6.07 Å². The van der Waals surface area contributed by atoms with Crippen molar-refractivity contribution >= 4 is 5.91 Å². The molecule has 25 heavy (non-hydrogen) atoms. The molecule has 1 aromatic carbocycles. The van der Waals surface area contributed by atoms with E-state index in [4.69, 9.17) is 0 Å². The first-order valence-electron chi connectivity index (χ1n) is 8.12. The normalized spacial score (nSPS) is 12.2. The maximum atomic E-state index is 12.5. The number of nitrogens with one attached hydrogen (secondary N) is 1. The fourth-order valence-corrected chi connectivity index (χ4v) is 2.77. The SMILES string of the molecule is Cc1cc(C)n(C(C)CNC(=O)c2cccc(-n3nnnc3C)c2)n1. The molecule has 0 aliphatic rings. The molecule has 0 saturated carbocycles. The number of aromatic nitrogens is 6. The lowest BCUT2D eigenvalue weighted by Gasteiger charge is -2.15. The number of rotatable bonds is 5. The van der Waals surface area contributed by atoms with Gasteiger partial charge in [0.15, 0.2) is 5.82 Å². The van der Waals surface area contributed by atoms with Crippen molar-refractivity contribution in [3.05, 3.63) is 53.1 Å². The minimum Gasteiger partial charge on any atom is -0.350 e. The summed E-state index contributed by atoms with van der Waals surface area (Å²) in [7, 11) is 0. The Hall–Kier alpha value is -3.03. The van der Waals surface area contributed by atoms with Gasteiger partial charge < -0.3 is 5.32 Å². The Morgan fingerprint density at radius 3 is 2.68 bits per heavy atom. The average Bonchev–Trinajstić information content (AvgIpc) is 3.17. The van der Waals surface area contributed by atoms with Crippen molar-refractivity contribution in [3.8, 4) is 5.69 Å². The van der Waals surface area contributed by atoms with Crippen LogP contribution in [-0.2, 0) is 0 Å². The molecule has 0 radical (unpaired) electrons. The van der Waals surface area contributed by atoms with E-state index in [1.165, 1.54) is 0 Å². The molecule has 2 heterocycles. The van der Waals surface area contributed by atoms with Crippen molar-refractivity contribution in [1.29, 1.82) is 0 Å². The highest BCUT2D eigenvalue weighted by atomic mass is 16.1. The Bertz CT molecular complexity index is 896. The number of hydrogen-bond donors (Lipinski definition) is 1. The quantitative estimate of drug-likeness (QED) is 0.765. The zero-order valence-corrected chi connectivity index (χ0v) is 14.8. The van der Waals surface area contributed by atoms with E-state index in [0.29, 0.717) is 17.9 Å². The van der Waals surface area contributed by atoms with Gasteiger partial charge in [-0.2, -0.15) is 9.78 Å². The third kappa shape index (κ3) is 3.57. The molecule has 2 aromatic heterocycles. The molecule has 1 amide bonds. The van der Waals surface area contributed by atoms with Crippen LogP contribution in [0.3, 0.4) is 0 Å². The van der Waals surface area contributed by atoms with E-state index in [9.17, 15) is 4.79 Å². The lowest BCUT2D eigenvalue weighted by atomic mass is 10.2. The van der Waals surface area contributed by atoms with Gasteiger partial charge in [0.2, 0.25) is 0 Å². The molecule has 0 aliphatic heterocycles. The molecule has 1 N–H and O–H groups in total. The number of aryl methyl sites for hydroxylation is 3. The minimum absolute atomic E-state index is 0.0718. The van der Waals surface area contributed by atoms with Crippen LogP contribution in [0.4, 0.5) is 0 Å². The Labute approximate surface area is 145 Å². The average molecular weight is 339 g/mol. The van der Waals surface area contributed by atoms with E-state index in [0.717, 1.165) is 17.1 Å². The predicted molar refractivity (Wildman–Crippen MR) is 92.6 cm³/mol. The highest BCUT2D eigenvalue weighted by molar-refractivity contribution is 5.94. The lowest BCUT2D eigenvalue weighted by Crippen LogP contribution is -2.30. The largest absolute Gasteiger partial charge is 0.350 e. The number of tetrazole rings is 1. The summed E-state index contributed by atoms with van der Waals surface area (Å²) in [6.07, 6.45) is 0. The second-order valence-corrected chi connectivity index (χ2v) is 6.12. The first-order chi connectivity index (χ1) is 12.0. The fraction of sp³-hybridized carbons (Fsp3) is 0.353. The molecule has 8 heteroatoms. The molecular weight excluding hydrogens is 318 g/mol. The predicted octanol–water partition coefficient (Wildman–Crippen LogP) is 1.78. The third-order valence-electron chi connectivity index (χ3n) is 4.00. The topological polar surface area (TPSA) is 90.5 Å². The number of hydrogen-bond acceptors (Lipinski definition) is 5. The zero-order chi connectivity index (χ0) is 18.0.